The molecule has 0 aliphatic rings. The first-order valence-electron chi connectivity index (χ1n) is 7.36. The van der Waals surface area contributed by atoms with Crippen molar-refractivity contribution in [1.29, 1.82) is 0 Å². The summed E-state index contributed by atoms with van der Waals surface area (Å²) in [4.78, 5) is 0. The second-order valence-corrected chi connectivity index (χ2v) is 6.20. The maximum Gasteiger partial charge on any atom is 0.0780 e. The van der Waals surface area contributed by atoms with E-state index >= 15 is 0 Å². The third-order valence-electron chi connectivity index (χ3n) is 3.18. The zero-order chi connectivity index (χ0) is 12.3. The van der Waals surface area contributed by atoms with Gasteiger partial charge in [-0.2, -0.15) is 0 Å². The van der Waals surface area contributed by atoms with Gasteiger partial charge in [0, 0.05) is 29.6 Å². The van der Waals surface area contributed by atoms with E-state index in [0.717, 1.165) is 4.48 Å². The van der Waals surface area contributed by atoms with E-state index in [9.17, 15) is 0 Å². The quantitative estimate of drug-likeness (QED) is 0.304. The van der Waals surface area contributed by atoms with Crippen molar-refractivity contribution in [2.24, 2.45) is 0 Å². The van der Waals surface area contributed by atoms with Gasteiger partial charge < -0.3 is 21.5 Å². The van der Waals surface area contributed by atoms with Gasteiger partial charge >= 0.3 is 0 Å². The second-order valence-electron chi connectivity index (χ2n) is 6.20. The fourth-order valence-corrected chi connectivity index (χ4v) is 2.07. The van der Waals surface area contributed by atoms with Crippen molar-refractivity contribution in [3.63, 3.8) is 0 Å². The molecule has 0 N–H and O–H groups in total. The van der Waals surface area contributed by atoms with E-state index in [2.05, 4.69) is 28.1 Å². The summed E-state index contributed by atoms with van der Waals surface area (Å²) in [5, 5.41) is 0. The van der Waals surface area contributed by atoms with Crippen molar-refractivity contribution in [2.75, 3.05) is 27.7 Å². The minimum Gasteiger partial charge on any atom is -1.00 e. The van der Waals surface area contributed by atoms with Crippen LogP contribution in [0.25, 0.3) is 0 Å². The van der Waals surface area contributed by atoms with Gasteiger partial charge in [-0.25, -0.2) is 0 Å². The maximum atomic E-state index is 2.29. The molecular formula is C15H34BrNNa. The Morgan fingerprint density at radius 2 is 0.944 bits per heavy atom. The summed E-state index contributed by atoms with van der Waals surface area (Å²) in [6, 6.07) is 0. The van der Waals surface area contributed by atoms with Gasteiger partial charge in [0.2, 0.25) is 0 Å². The Hall–Kier alpha value is 1.44. The molecule has 3 heteroatoms. The topological polar surface area (TPSA) is 0 Å². The third-order valence-corrected chi connectivity index (χ3v) is 3.18. The van der Waals surface area contributed by atoms with Crippen LogP contribution in [-0.2, 0) is 0 Å². The van der Waals surface area contributed by atoms with Crippen LogP contribution in [-0.4, -0.2) is 61.7 Å². The van der Waals surface area contributed by atoms with Crippen molar-refractivity contribution in [1.82, 2.24) is 0 Å². The molecule has 0 amide bonds. The Morgan fingerprint density at radius 3 is 1.28 bits per heavy atom. The average Bonchev–Trinajstić information content (AvgIpc) is 2.19. The van der Waals surface area contributed by atoms with E-state index in [1.807, 2.05) is 0 Å². The van der Waals surface area contributed by atoms with Crippen molar-refractivity contribution in [2.45, 2.75) is 71.1 Å². The monoisotopic (exact) mass is 330 g/mol. The second kappa shape index (κ2) is 16.5. The molecule has 0 aliphatic heterocycles. The molecule has 0 fully saturated rings. The molecule has 1 nitrogen and oxygen atoms in total. The summed E-state index contributed by atoms with van der Waals surface area (Å²) in [7, 11) is 6.86. The molecule has 0 aromatic carbocycles. The third kappa shape index (κ3) is 22.6. The zero-order valence-electron chi connectivity index (χ0n) is 13.6. The number of hydrogen-bond acceptors (Lipinski definition) is 0. The van der Waals surface area contributed by atoms with Crippen LogP contribution in [0.15, 0.2) is 0 Å². The van der Waals surface area contributed by atoms with Crippen LogP contribution >= 0.6 is 0 Å². The van der Waals surface area contributed by atoms with E-state index in [1.165, 1.54) is 70.8 Å². The molecule has 0 aromatic rings. The van der Waals surface area contributed by atoms with Crippen LogP contribution in [0, 0.1) is 0 Å². The minimum atomic E-state index is 0. The van der Waals surface area contributed by atoms with E-state index in [4.69, 9.17) is 0 Å². The van der Waals surface area contributed by atoms with Crippen LogP contribution < -0.4 is 17.0 Å². The van der Waals surface area contributed by atoms with Crippen molar-refractivity contribution >= 4 is 29.6 Å². The number of halogens is 1. The summed E-state index contributed by atoms with van der Waals surface area (Å²) in [6.07, 6.45) is 14.4. The molecule has 0 rings (SSSR count). The van der Waals surface area contributed by atoms with Gasteiger partial charge in [-0.05, 0) is 12.8 Å². The van der Waals surface area contributed by atoms with Gasteiger partial charge in [-0.3, -0.25) is 0 Å². The summed E-state index contributed by atoms with van der Waals surface area (Å²) in [5.41, 5.74) is 0. The minimum absolute atomic E-state index is 0. The van der Waals surface area contributed by atoms with E-state index < -0.39 is 0 Å². The Balaban J connectivity index is -0.00000112. The number of rotatable bonds is 11. The SMILES string of the molecule is CCCCCCCCCCCC[N+](C)(C)C.[Br-].[Na]. The van der Waals surface area contributed by atoms with Gasteiger partial charge in [0.1, 0.15) is 0 Å². The summed E-state index contributed by atoms with van der Waals surface area (Å²) >= 11 is 0. The molecule has 0 atom stereocenters. The maximum absolute atomic E-state index is 2.29. The summed E-state index contributed by atoms with van der Waals surface area (Å²) in [6.45, 7) is 3.62. The van der Waals surface area contributed by atoms with Crippen LogP contribution in [0.3, 0.4) is 0 Å². The molecule has 1 radical (unpaired) electrons. The van der Waals surface area contributed by atoms with Crippen LogP contribution in [0.1, 0.15) is 71.1 Å². The van der Waals surface area contributed by atoms with Crippen LogP contribution in [0.4, 0.5) is 0 Å². The number of unbranched alkanes of at least 4 members (excludes halogenated alkanes) is 9. The van der Waals surface area contributed by atoms with Crippen LogP contribution in [0.5, 0.6) is 0 Å². The Labute approximate surface area is 149 Å². The molecule has 0 bridgehead atoms. The Kier molecular flexibility index (Phi) is 22.4. The number of hydrogen-bond donors (Lipinski definition) is 0. The number of quaternary nitrogens is 1. The first-order chi connectivity index (χ1) is 7.56. The van der Waals surface area contributed by atoms with Gasteiger partial charge in [0.25, 0.3) is 0 Å². The normalized spacial score (nSPS) is 10.7. The van der Waals surface area contributed by atoms with Gasteiger partial charge in [0.05, 0.1) is 27.7 Å². The average molecular weight is 331 g/mol. The molecule has 18 heavy (non-hydrogen) atoms. The molecule has 0 aliphatic carbocycles. The molecule has 107 valence electrons. The Morgan fingerprint density at radius 1 is 0.611 bits per heavy atom. The molecule has 0 heterocycles. The van der Waals surface area contributed by atoms with E-state index in [1.54, 1.807) is 0 Å². The summed E-state index contributed by atoms with van der Waals surface area (Å²) in [5.74, 6) is 0. The fraction of sp³-hybridized carbons (Fsp3) is 1.00. The molecule has 0 spiro atoms. The predicted octanol–water partition coefficient (Wildman–Crippen LogP) is 1.24. The molecule has 0 saturated heterocycles. The van der Waals surface area contributed by atoms with Crippen molar-refractivity contribution in [3.8, 4) is 0 Å². The van der Waals surface area contributed by atoms with E-state index in [0.29, 0.717) is 0 Å². The van der Waals surface area contributed by atoms with Gasteiger partial charge in [0.15, 0.2) is 0 Å². The summed E-state index contributed by atoms with van der Waals surface area (Å²) < 4.78 is 1.12. The zero-order valence-corrected chi connectivity index (χ0v) is 17.2. The molecule has 0 unspecified atom stereocenters. The number of nitrogens with zero attached hydrogens (tertiary/aromatic N) is 1. The van der Waals surface area contributed by atoms with Crippen molar-refractivity contribution < 1.29 is 21.5 Å². The van der Waals surface area contributed by atoms with Gasteiger partial charge in [-0.15, -0.1) is 0 Å². The molecule has 0 aromatic heterocycles. The predicted molar refractivity (Wildman–Crippen MR) is 80.5 cm³/mol. The van der Waals surface area contributed by atoms with Crippen molar-refractivity contribution in [3.05, 3.63) is 0 Å². The first kappa shape index (κ1) is 24.5. The molecule has 0 saturated carbocycles. The first-order valence-corrected chi connectivity index (χ1v) is 7.36. The smallest absolute Gasteiger partial charge is 0.0780 e. The van der Waals surface area contributed by atoms with Gasteiger partial charge in [-0.1, -0.05) is 58.3 Å². The standard InChI is InChI=1S/C15H34N.BrH.Na/c1-5-6-7-8-9-10-11-12-13-14-15-16(2,3)4;;/h5-15H2,1-4H3;1H;/q+1;;/p-1. The van der Waals surface area contributed by atoms with E-state index in [-0.39, 0.29) is 46.5 Å². The Bertz CT molecular complexity index is 146. The van der Waals surface area contributed by atoms with Crippen LogP contribution in [0.2, 0.25) is 0 Å². The molecular weight excluding hydrogens is 297 g/mol. The fourth-order valence-electron chi connectivity index (χ4n) is 2.07. The largest absolute Gasteiger partial charge is 1.00 e.